The van der Waals surface area contributed by atoms with Gasteiger partial charge in [-0.1, -0.05) is 30.7 Å². The fourth-order valence-corrected chi connectivity index (χ4v) is 4.96. The van der Waals surface area contributed by atoms with Gasteiger partial charge in [-0.3, -0.25) is 0 Å². The van der Waals surface area contributed by atoms with Crippen LogP contribution in [0.2, 0.25) is 5.02 Å². The third-order valence-electron chi connectivity index (χ3n) is 6.71. The van der Waals surface area contributed by atoms with Crippen molar-refractivity contribution in [2.24, 2.45) is 5.41 Å². The van der Waals surface area contributed by atoms with Gasteiger partial charge in [0, 0.05) is 44.9 Å². The minimum atomic E-state index is -0.928. The Kier molecular flexibility index (Phi) is 6.77. The minimum Gasteiger partial charge on any atom is -0.467 e. The lowest BCUT2D eigenvalue weighted by Gasteiger charge is -2.38. The lowest BCUT2D eigenvalue weighted by atomic mass is 9.88. The average Bonchev–Trinajstić information content (AvgIpc) is 2.99. The number of rotatable bonds is 6. The number of carbonyl (C=O) groups excluding carboxylic acids is 1. The molecule has 2 aromatic heterocycles. The first-order valence-corrected chi connectivity index (χ1v) is 12.3. The molecule has 0 unspecified atom stereocenters. The number of carbonyl (C=O) groups is 1. The molecule has 0 N–H and O–H groups in total. The van der Waals surface area contributed by atoms with Crippen LogP contribution in [0, 0.1) is 26.2 Å². The molecule has 7 heteroatoms. The van der Waals surface area contributed by atoms with Crippen molar-refractivity contribution in [3.05, 3.63) is 51.8 Å². The second-order valence-electron chi connectivity index (χ2n) is 10.9. The number of methoxy groups -OCH3 is 1. The first kappa shape index (κ1) is 25.7. The molecule has 35 heavy (non-hydrogen) atoms. The Morgan fingerprint density at radius 2 is 1.83 bits per heavy atom. The standard InChI is InChI=1S/C28H35ClN2O4/c1-16-18(3)31(13-28(7)14-34-15-28)25-21(16)23(19-9-11-20(29)12-10-19)22(17(2)30-25)24(26(32)33-8)35-27(4,5)6/h9-12,24H,13-15H2,1-8H3/t24-/m0/s1. The third-order valence-corrected chi connectivity index (χ3v) is 6.96. The minimum absolute atomic E-state index is 0.0712. The Balaban J connectivity index is 2.07. The topological polar surface area (TPSA) is 62.6 Å². The molecule has 0 aliphatic carbocycles. The van der Waals surface area contributed by atoms with Crippen LogP contribution < -0.4 is 0 Å². The second-order valence-corrected chi connectivity index (χ2v) is 11.4. The molecule has 4 rings (SSSR count). The molecule has 0 amide bonds. The van der Waals surface area contributed by atoms with Gasteiger partial charge in [-0.05, 0) is 64.8 Å². The molecule has 1 aliphatic rings. The van der Waals surface area contributed by atoms with Crippen LogP contribution >= 0.6 is 11.6 Å². The summed E-state index contributed by atoms with van der Waals surface area (Å²) in [5.74, 6) is -0.452. The summed E-state index contributed by atoms with van der Waals surface area (Å²) in [4.78, 5) is 18.2. The summed E-state index contributed by atoms with van der Waals surface area (Å²) in [6.07, 6.45) is -0.928. The number of hydrogen-bond donors (Lipinski definition) is 0. The molecular formula is C28H35ClN2O4. The molecule has 6 nitrogen and oxygen atoms in total. The number of nitrogens with zero attached hydrogens (tertiary/aromatic N) is 2. The predicted molar refractivity (Wildman–Crippen MR) is 139 cm³/mol. The van der Waals surface area contributed by atoms with Crippen molar-refractivity contribution in [2.75, 3.05) is 20.3 Å². The number of aromatic nitrogens is 2. The Morgan fingerprint density at radius 3 is 2.34 bits per heavy atom. The normalized spacial score (nSPS) is 16.3. The van der Waals surface area contributed by atoms with E-state index in [0.717, 1.165) is 64.4 Å². The largest absolute Gasteiger partial charge is 0.467 e. The fraction of sp³-hybridized carbons (Fsp3) is 0.500. The number of esters is 1. The molecule has 3 heterocycles. The second kappa shape index (κ2) is 9.23. The van der Waals surface area contributed by atoms with Gasteiger partial charge in [-0.25, -0.2) is 9.78 Å². The maximum atomic E-state index is 13.1. The first-order valence-electron chi connectivity index (χ1n) is 11.9. The van der Waals surface area contributed by atoms with E-state index in [-0.39, 0.29) is 5.41 Å². The predicted octanol–water partition coefficient (Wildman–Crippen LogP) is 6.35. The molecule has 3 aromatic rings. The van der Waals surface area contributed by atoms with Crippen molar-refractivity contribution in [1.29, 1.82) is 0 Å². The van der Waals surface area contributed by atoms with Gasteiger partial charge in [0.2, 0.25) is 0 Å². The highest BCUT2D eigenvalue weighted by Crippen LogP contribution is 2.43. The van der Waals surface area contributed by atoms with Crippen LogP contribution in [0.25, 0.3) is 22.2 Å². The van der Waals surface area contributed by atoms with E-state index in [9.17, 15) is 4.79 Å². The molecule has 0 spiro atoms. The summed E-state index contributed by atoms with van der Waals surface area (Å²) in [5, 5.41) is 1.66. The highest BCUT2D eigenvalue weighted by molar-refractivity contribution is 6.30. The zero-order chi connectivity index (χ0) is 25.7. The van der Waals surface area contributed by atoms with Crippen molar-refractivity contribution < 1.29 is 19.0 Å². The maximum Gasteiger partial charge on any atom is 0.339 e. The number of hydrogen-bond acceptors (Lipinski definition) is 5. The van der Waals surface area contributed by atoms with Crippen LogP contribution in [-0.2, 0) is 25.5 Å². The zero-order valence-corrected chi connectivity index (χ0v) is 22.7. The van der Waals surface area contributed by atoms with E-state index >= 15 is 0 Å². The van der Waals surface area contributed by atoms with Gasteiger partial charge in [-0.15, -0.1) is 0 Å². The van der Waals surface area contributed by atoms with Crippen molar-refractivity contribution in [2.45, 2.75) is 66.7 Å². The van der Waals surface area contributed by atoms with Crippen LogP contribution in [0.3, 0.4) is 0 Å². The van der Waals surface area contributed by atoms with E-state index in [1.165, 1.54) is 7.11 Å². The van der Waals surface area contributed by atoms with Crippen molar-refractivity contribution >= 4 is 28.6 Å². The first-order chi connectivity index (χ1) is 16.3. The van der Waals surface area contributed by atoms with E-state index in [0.29, 0.717) is 5.02 Å². The average molecular weight is 499 g/mol. The SMILES string of the molecule is COC(=O)[C@@H](OC(C)(C)C)c1c(C)nc2c(c(C)c(C)n2CC2(C)COC2)c1-c1ccc(Cl)cc1. The van der Waals surface area contributed by atoms with Gasteiger partial charge in [0.05, 0.1) is 25.9 Å². The number of benzene rings is 1. The summed E-state index contributed by atoms with van der Waals surface area (Å²) < 4.78 is 19.3. The molecule has 0 bridgehead atoms. The molecule has 0 saturated carbocycles. The lowest BCUT2D eigenvalue weighted by molar-refractivity contribution is -0.164. The van der Waals surface area contributed by atoms with E-state index in [4.69, 9.17) is 30.8 Å². The van der Waals surface area contributed by atoms with Crippen LogP contribution in [0.4, 0.5) is 0 Å². The molecule has 1 aromatic carbocycles. The van der Waals surface area contributed by atoms with Crippen molar-refractivity contribution in [1.82, 2.24) is 9.55 Å². The molecule has 1 fully saturated rings. The zero-order valence-electron chi connectivity index (χ0n) is 21.9. The fourth-order valence-electron chi connectivity index (χ4n) is 4.83. The van der Waals surface area contributed by atoms with Crippen molar-refractivity contribution in [3.63, 3.8) is 0 Å². The van der Waals surface area contributed by atoms with Crippen LogP contribution in [0.15, 0.2) is 24.3 Å². The molecule has 1 atom stereocenters. The van der Waals surface area contributed by atoms with Gasteiger partial charge in [-0.2, -0.15) is 0 Å². The molecule has 1 saturated heterocycles. The van der Waals surface area contributed by atoms with E-state index in [1.807, 2.05) is 52.0 Å². The van der Waals surface area contributed by atoms with Crippen molar-refractivity contribution in [3.8, 4) is 11.1 Å². The summed E-state index contributed by atoms with van der Waals surface area (Å²) in [7, 11) is 1.39. The Morgan fingerprint density at radius 1 is 1.20 bits per heavy atom. The Hall–Kier alpha value is -2.41. The smallest absolute Gasteiger partial charge is 0.339 e. The van der Waals surface area contributed by atoms with E-state index in [2.05, 4.69) is 25.3 Å². The monoisotopic (exact) mass is 498 g/mol. The number of pyridine rings is 1. The molecule has 0 radical (unpaired) electrons. The van der Waals surface area contributed by atoms with Crippen LogP contribution in [0.5, 0.6) is 0 Å². The van der Waals surface area contributed by atoms with E-state index in [1.54, 1.807) is 0 Å². The van der Waals surface area contributed by atoms with E-state index < -0.39 is 17.7 Å². The highest BCUT2D eigenvalue weighted by atomic mass is 35.5. The molecule has 1 aliphatic heterocycles. The highest BCUT2D eigenvalue weighted by Gasteiger charge is 2.37. The Labute approximate surface area is 212 Å². The number of halogens is 1. The molecular weight excluding hydrogens is 464 g/mol. The molecule has 188 valence electrons. The van der Waals surface area contributed by atoms with Crippen LogP contribution in [0.1, 0.15) is 56.3 Å². The maximum absolute atomic E-state index is 13.1. The third kappa shape index (κ3) is 4.84. The summed E-state index contributed by atoms with van der Waals surface area (Å²) in [6.45, 7) is 16.5. The Bertz CT molecular complexity index is 1270. The number of aryl methyl sites for hydroxylation is 2. The lowest BCUT2D eigenvalue weighted by Crippen LogP contribution is -2.43. The van der Waals surface area contributed by atoms with Gasteiger partial charge in [0.15, 0.2) is 6.10 Å². The van der Waals surface area contributed by atoms with Gasteiger partial charge in [0.1, 0.15) is 5.65 Å². The van der Waals surface area contributed by atoms with Crippen LogP contribution in [-0.4, -0.2) is 41.4 Å². The summed E-state index contributed by atoms with van der Waals surface area (Å²) >= 11 is 6.24. The van der Waals surface area contributed by atoms with Gasteiger partial charge in [0.25, 0.3) is 0 Å². The summed E-state index contributed by atoms with van der Waals surface area (Å²) in [6, 6.07) is 7.70. The number of fused-ring (bicyclic) bond motifs is 1. The quantitative estimate of drug-likeness (QED) is 0.371. The number of ether oxygens (including phenoxy) is 3. The van der Waals surface area contributed by atoms with Gasteiger partial charge < -0.3 is 18.8 Å². The summed E-state index contributed by atoms with van der Waals surface area (Å²) in [5.41, 5.74) is 6.01. The van der Waals surface area contributed by atoms with Gasteiger partial charge >= 0.3 is 5.97 Å².